The molecule has 76 heavy (non-hydrogen) atoms. The highest BCUT2D eigenvalue weighted by atomic mass is 19.1. The summed E-state index contributed by atoms with van der Waals surface area (Å²) in [5.74, 6) is -0.642. The molecule has 376 valence electrons. The number of aryl methyl sites for hydroxylation is 2. The van der Waals surface area contributed by atoms with Gasteiger partial charge in [-0.2, -0.15) is 0 Å². The van der Waals surface area contributed by atoms with Crippen molar-refractivity contribution in [3.63, 3.8) is 0 Å². The number of hydrogen-bond donors (Lipinski definition) is 4. The number of fused-ring (bicyclic) bond motifs is 6. The minimum atomic E-state index is -1.88. The average Bonchev–Trinajstić information content (AvgIpc) is 4.06. The third-order valence-corrected chi connectivity index (χ3v) is 14.1. The predicted molar refractivity (Wildman–Crippen MR) is 292 cm³/mol. The zero-order valence-electron chi connectivity index (χ0n) is 41.7. The van der Waals surface area contributed by atoms with Gasteiger partial charge in [-0.25, -0.2) is 18.7 Å². The van der Waals surface area contributed by atoms with Crippen molar-refractivity contribution < 1.29 is 28.6 Å². The van der Waals surface area contributed by atoms with E-state index in [1.54, 1.807) is 0 Å². The van der Waals surface area contributed by atoms with Crippen LogP contribution in [0.2, 0.25) is 0 Å². The van der Waals surface area contributed by atoms with E-state index in [1.165, 1.54) is 58.3 Å². The third-order valence-electron chi connectivity index (χ3n) is 14.1. The van der Waals surface area contributed by atoms with E-state index in [0.717, 1.165) is 33.4 Å². The molecular formula is C64H52F2N6O4. The fourth-order valence-electron chi connectivity index (χ4n) is 10.4. The van der Waals surface area contributed by atoms with Crippen LogP contribution in [-0.4, -0.2) is 41.8 Å². The van der Waals surface area contributed by atoms with Gasteiger partial charge in [-0.15, -0.1) is 0 Å². The van der Waals surface area contributed by atoms with E-state index in [9.17, 15) is 28.6 Å². The summed E-state index contributed by atoms with van der Waals surface area (Å²) >= 11 is 0. The first-order valence-corrected chi connectivity index (χ1v) is 25.0. The van der Waals surface area contributed by atoms with Crippen LogP contribution >= 0.6 is 0 Å². The highest BCUT2D eigenvalue weighted by Crippen LogP contribution is 2.50. The minimum absolute atomic E-state index is 0.160. The second-order valence-electron chi connectivity index (χ2n) is 19.3. The molecule has 2 aliphatic heterocycles. The molecule has 0 radical (unpaired) electrons. The van der Waals surface area contributed by atoms with Crippen LogP contribution in [0, 0.1) is 25.5 Å². The summed E-state index contributed by atoms with van der Waals surface area (Å²) in [5, 5.41) is 33.3. The number of nitrogens with zero attached hydrogens (tertiary/aromatic N) is 4. The lowest BCUT2D eigenvalue weighted by Crippen LogP contribution is -2.44. The van der Waals surface area contributed by atoms with Crippen molar-refractivity contribution in [3.8, 4) is 0 Å². The molecule has 2 amide bonds. The Morgan fingerprint density at radius 1 is 0.447 bits per heavy atom. The largest absolute Gasteiger partial charge is 0.366 e. The highest BCUT2D eigenvalue weighted by molar-refractivity contribution is 6.13. The molecule has 0 saturated heterocycles. The lowest BCUT2D eigenvalue weighted by Gasteiger charge is -2.35. The van der Waals surface area contributed by atoms with Gasteiger partial charge >= 0.3 is 0 Å². The summed E-state index contributed by atoms with van der Waals surface area (Å²) in [7, 11) is 0. The fraction of sp³-hybridized carbons (Fsp3) is 0.125. The second kappa shape index (κ2) is 20.3. The first-order chi connectivity index (χ1) is 36.9. The Balaban J connectivity index is 0.000000162. The lowest BCUT2D eigenvalue weighted by molar-refractivity contribution is -0.0546. The molecule has 0 aliphatic carbocycles. The maximum atomic E-state index is 14.2. The van der Waals surface area contributed by atoms with Crippen LogP contribution in [-0.2, 0) is 37.6 Å². The minimum Gasteiger partial charge on any atom is -0.366 e. The van der Waals surface area contributed by atoms with Gasteiger partial charge in [0.1, 0.15) is 23.3 Å². The summed E-state index contributed by atoms with van der Waals surface area (Å²) in [4.78, 5) is 41.2. The summed E-state index contributed by atoms with van der Waals surface area (Å²) in [6.07, 6.45) is 0. The Labute approximate surface area is 438 Å². The van der Waals surface area contributed by atoms with E-state index in [-0.39, 0.29) is 24.9 Å². The van der Waals surface area contributed by atoms with Gasteiger partial charge in [0.2, 0.25) is 0 Å². The van der Waals surface area contributed by atoms with Crippen molar-refractivity contribution in [1.82, 2.24) is 19.8 Å². The van der Waals surface area contributed by atoms with E-state index in [4.69, 9.17) is 9.97 Å². The molecule has 2 aromatic heterocycles. The van der Waals surface area contributed by atoms with Gasteiger partial charge in [-0.05, 0) is 84.6 Å². The molecule has 10 aromatic rings. The van der Waals surface area contributed by atoms with Gasteiger partial charge in [0.15, 0.2) is 11.4 Å². The normalized spacial score (nSPS) is 16.6. The summed E-state index contributed by atoms with van der Waals surface area (Å²) < 4.78 is 27.9. The van der Waals surface area contributed by atoms with Crippen LogP contribution in [0.1, 0.15) is 76.4 Å². The quantitative estimate of drug-likeness (QED) is 0.0952. The molecule has 12 heteroatoms. The van der Waals surface area contributed by atoms with Crippen LogP contribution in [0.4, 0.5) is 20.4 Å². The van der Waals surface area contributed by atoms with E-state index in [2.05, 4.69) is 10.6 Å². The maximum Gasteiger partial charge on any atom is 0.258 e. The van der Waals surface area contributed by atoms with Gasteiger partial charge in [0.25, 0.3) is 11.8 Å². The van der Waals surface area contributed by atoms with E-state index in [0.29, 0.717) is 79.9 Å². The Kier molecular flexibility index (Phi) is 13.1. The van der Waals surface area contributed by atoms with Gasteiger partial charge in [0, 0.05) is 48.1 Å². The van der Waals surface area contributed by atoms with Crippen LogP contribution in [0.15, 0.2) is 206 Å². The molecule has 10 nitrogen and oxygen atoms in total. The second-order valence-corrected chi connectivity index (χ2v) is 19.3. The van der Waals surface area contributed by atoms with Crippen LogP contribution in [0.3, 0.4) is 0 Å². The number of amides is 2. The SMILES string of the molecule is Cc1ccc2nc(NCc3ccccc3)c3c(c2c1)C(=O)N(Cc1ccccc1)[C@@]3(O)c1ccc(F)cc1.Cc1ccc2nc(NCc3ccccc3)c3c(c2c1)C(=O)N(Cc1ccccc1)[C@]3(O)c1ccc(F)cc1. The van der Waals surface area contributed by atoms with Gasteiger partial charge < -0.3 is 20.8 Å². The van der Waals surface area contributed by atoms with Crippen molar-refractivity contribution in [2.24, 2.45) is 0 Å². The lowest BCUT2D eigenvalue weighted by atomic mass is 9.91. The molecule has 2 aliphatic rings. The highest BCUT2D eigenvalue weighted by Gasteiger charge is 2.54. The van der Waals surface area contributed by atoms with Crippen molar-refractivity contribution in [2.75, 3.05) is 10.6 Å². The fourth-order valence-corrected chi connectivity index (χ4v) is 10.4. The Morgan fingerprint density at radius 3 is 1.12 bits per heavy atom. The topological polar surface area (TPSA) is 131 Å². The monoisotopic (exact) mass is 1010 g/mol. The van der Waals surface area contributed by atoms with Crippen LogP contribution in [0.25, 0.3) is 21.8 Å². The van der Waals surface area contributed by atoms with Crippen molar-refractivity contribution in [1.29, 1.82) is 0 Å². The third kappa shape index (κ3) is 9.07. The van der Waals surface area contributed by atoms with Gasteiger partial charge in [0.05, 0.1) is 33.3 Å². The molecule has 8 aromatic carbocycles. The van der Waals surface area contributed by atoms with E-state index >= 15 is 0 Å². The number of hydrogen-bond acceptors (Lipinski definition) is 8. The molecular weight excluding hydrogens is 955 g/mol. The summed E-state index contributed by atoms with van der Waals surface area (Å²) in [6, 6.07) is 61.6. The Hall–Kier alpha value is -9.10. The van der Waals surface area contributed by atoms with Crippen LogP contribution in [0.5, 0.6) is 0 Å². The first-order valence-electron chi connectivity index (χ1n) is 25.0. The van der Waals surface area contributed by atoms with Gasteiger partial charge in [-0.3, -0.25) is 19.4 Å². The smallest absolute Gasteiger partial charge is 0.258 e. The molecule has 0 spiro atoms. The van der Waals surface area contributed by atoms with Crippen LogP contribution < -0.4 is 10.6 Å². The summed E-state index contributed by atoms with van der Waals surface area (Å²) in [6.45, 7) is 5.14. The zero-order valence-corrected chi connectivity index (χ0v) is 41.7. The summed E-state index contributed by atoms with van der Waals surface area (Å²) in [5.41, 5.74) is 5.62. The molecule has 2 atom stereocenters. The van der Waals surface area contributed by atoms with Crippen molar-refractivity contribution >= 4 is 45.3 Å². The number of halogens is 2. The molecule has 0 saturated carbocycles. The van der Waals surface area contributed by atoms with E-state index in [1.807, 2.05) is 172 Å². The van der Waals surface area contributed by atoms with Gasteiger partial charge in [-0.1, -0.05) is 169 Å². The van der Waals surface area contributed by atoms with Crippen molar-refractivity contribution in [2.45, 2.75) is 51.5 Å². The molecule has 0 unspecified atom stereocenters. The number of pyridine rings is 2. The van der Waals surface area contributed by atoms with E-state index < -0.39 is 23.1 Å². The maximum absolute atomic E-state index is 14.2. The standard InChI is InChI=1S/2C32H26FN3O2/c2*1-21-12-17-27-26(18-21)28-29(30(35-27)34-19-22-8-4-2-5-9-22)32(38,24-13-15-25(33)16-14-24)36(31(28)37)20-23-10-6-3-7-11-23/h2*2-18,38H,19-20H2,1H3,(H,34,35)/t2*32-/m10/s1. The average molecular weight is 1010 g/mol. The molecule has 0 bridgehead atoms. The number of carbonyl (C=O) groups is 2. The number of anilines is 2. The Morgan fingerprint density at radius 2 is 0.776 bits per heavy atom. The zero-order chi connectivity index (χ0) is 52.6. The number of carbonyl (C=O) groups excluding carboxylic acids is 2. The number of nitrogens with one attached hydrogen (secondary N) is 2. The molecule has 12 rings (SSSR count). The predicted octanol–water partition coefficient (Wildman–Crippen LogP) is 12.3. The Bertz CT molecular complexity index is 3530. The molecule has 0 fully saturated rings. The number of rotatable bonds is 12. The number of aromatic nitrogens is 2. The number of benzene rings is 8. The molecule has 4 N–H and O–H groups in total. The van der Waals surface area contributed by atoms with Crippen molar-refractivity contribution in [3.05, 3.63) is 285 Å². The first kappa shape index (κ1) is 49.1. The molecule has 4 heterocycles. The number of aliphatic hydroxyl groups is 2.